The van der Waals surface area contributed by atoms with E-state index in [0.29, 0.717) is 18.6 Å². The minimum Gasteiger partial charge on any atom is -0.300 e. The summed E-state index contributed by atoms with van der Waals surface area (Å²) in [6.45, 7) is 8.89. The number of carbonyl (C=O) groups is 1. The highest BCUT2D eigenvalue weighted by atomic mass is 31.1. The van der Waals surface area contributed by atoms with Crippen molar-refractivity contribution in [3.05, 3.63) is 36.4 Å². The maximum absolute atomic E-state index is 12.1. The third kappa shape index (κ3) is 2.75. The van der Waals surface area contributed by atoms with E-state index in [0.717, 1.165) is 11.3 Å². The van der Waals surface area contributed by atoms with Crippen molar-refractivity contribution in [1.82, 2.24) is 10.2 Å². The van der Waals surface area contributed by atoms with Gasteiger partial charge in [0, 0.05) is 18.4 Å². The minimum atomic E-state index is -0.488. The topological polar surface area (TPSA) is 45.8 Å². The maximum Gasteiger partial charge on any atom is 0.134 e. The Bertz CT molecular complexity index is 668. The van der Waals surface area contributed by atoms with Gasteiger partial charge in [-0.15, -0.1) is 0 Å². The van der Waals surface area contributed by atoms with E-state index in [9.17, 15) is 4.79 Å². The van der Waals surface area contributed by atoms with Crippen molar-refractivity contribution in [3.8, 4) is 11.3 Å². The molecule has 1 aliphatic heterocycles. The van der Waals surface area contributed by atoms with Gasteiger partial charge in [-0.2, -0.15) is 5.10 Å². The first-order chi connectivity index (χ1) is 10.3. The second kappa shape index (κ2) is 5.31. The molecule has 116 valence electrons. The molecule has 2 heterocycles. The van der Waals surface area contributed by atoms with Gasteiger partial charge in [0.1, 0.15) is 5.78 Å². The van der Waals surface area contributed by atoms with Crippen LogP contribution in [0.5, 0.6) is 0 Å². The predicted octanol–water partition coefficient (Wildman–Crippen LogP) is 4.10. The van der Waals surface area contributed by atoms with Crippen molar-refractivity contribution in [2.24, 2.45) is 0 Å². The molecule has 1 aliphatic rings. The molecule has 0 bridgehead atoms. The number of hydrogen-bond donors (Lipinski definition) is 1. The molecule has 0 aliphatic carbocycles. The fraction of sp³-hybridized carbons (Fsp3) is 0.444. The summed E-state index contributed by atoms with van der Waals surface area (Å²) in [5.41, 5.74) is 3.32. The lowest BCUT2D eigenvalue weighted by Crippen LogP contribution is -2.43. The SMILES string of the molecule is CC1(C)CC(=O)CC(C)(C)P1c1cc(-c2ccccc2)n[nH]1. The number of ketones is 1. The van der Waals surface area contributed by atoms with Crippen molar-refractivity contribution in [3.63, 3.8) is 0 Å². The molecule has 0 atom stereocenters. The van der Waals surface area contributed by atoms with E-state index in [2.05, 4.69) is 56.1 Å². The van der Waals surface area contributed by atoms with E-state index >= 15 is 0 Å². The molecule has 3 rings (SSSR count). The van der Waals surface area contributed by atoms with Crippen molar-refractivity contribution in [1.29, 1.82) is 0 Å². The zero-order valence-corrected chi connectivity index (χ0v) is 14.6. The summed E-state index contributed by atoms with van der Waals surface area (Å²) in [5.74, 6) is 0.386. The highest BCUT2D eigenvalue weighted by Gasteiger charge is 2.48. The Morgan fingerprint density at radius 1 is 1.05 bits per heavy atom. The summed E-state index contributed by atoms with van der Waals surface area (Å²) in [6, 6.07) is 12.4. The molecule has 22 heavy (non-hydrogen) atoms. The first-order valence-corrected chi connectivity index (χ1v) is 9.07. The van der Waals surface area contributed by atoms with E-state index in [1.165, 1.54) is 5.44 Å². The fourth-order valence-electron chi connectivity index (χ4n) is 3.84. The lowest BCUT2D eigenvalue weighted by Gasteiger charge is -2.48. The van der Waals surface area contributed by atoms with Gasteiger partial charge >= 0.3 is 0 Å². The number of benzene rings is 1. The Labute approximate surface area is 133 Å². The standard InChI is InChI=1S/C18H23N2OP/c1-17(2)11-14(21)12-18(3,4)22(17)16-10-15(19-20-16)13-8-6-5-7-9-13/h5-10H,11-12H2,1-4H3,(H,19,20). The summed E-state index contributed by atoms with van der Waals surface area (Å²) >= 11 is 0. The summed E-state index contributed by atoms with van der Waals surface area (Å²) in [6.07, 6.45) is 1.34. The molecule has 1 saturated heterocycles. The predicted molar refractivity (Wildman–Crippen MR) is 93.0 cm³/mol. The monoisotopic (exact) mass is 314 g/mol. The van der Waals surface area contributed by atoms with Crippen molar-refractivity contribution in [2.75, 3.05) is 0 Å². The van der Waals surface area contributed by atoms with Gasteiger partial charge in [-0.3, -0.25) is 9.89 Å². The molecular formula is C18H23N2OP. The molecule has 1 fully saturated rings. The highest BCUT2D eigenvalue weighted by Crippen LogP contribution is 2.63. The number of hydrogen-bond acceptors (Lipinski definition) is 2. The maximum atomic E-state index is 12.1. The number of H-pyrrole nitrogens is 1. The quantitative estimate of drug-likeness (QED) is 0.848. The molecule has 1 aromatic carbocycles. The van der Waals surface area contributed by atoms with Crippen molar-refractivity contribution >= 4 is 19.1 Å². The Morgan fingerprint density at radius 3 is 2.23 bits per heavy atom. The number of rotatable bonds is 2. The van der Waals surface area contributed by atoms with Gasteiger partial charge in [-0.25, -0.2) is 0 Å². The molecule has 0 unspecified atom stereocenters. The van der Waals surface area contributed by atoms with Gasteiger partial charge in [0.25, 0.3) is 0 Å². The molecule has 0 radical (unpaired) electrons. The second-order valence-electron chi connectivity index (χ2n) is 7.36. The average molecular weight is 314 g/mol. The summed E-state index contributed by atoms with van der Waals surface area (Å²) in [5, 5.41) is 7.80. The van der Waals surface area contributed by atoms with E-state index < -0.39 is 7.92 Å². The first kappa shape index (κ1) is 15.4. The second-order valence-corrected chi connectivity index (χ2v) is 10.9. The number of Topliss-reactive ketones (excluding diaryl/α,β-unsaturated/α-hetero) is 1. The average Bonchev–Trinajstić information content (AvgIpc) is 2.85. The molecule has 4 heteroatoms. The molecule has 1 N–H and O–H groups in total. The number of nitrogens with one attached hydrogen (secondary N) is 1. The molecule has 1 aromatic heterocycles. The van der Waals surface area contributed by atoms with Crippen LogP contribution in [0.3, 0.4) is 0 Å². The van der Waals surface area contributed by atoms with Crippen LogP contribution < -0.4 is 5.44 Å². The van der Waals surface area contributed by atoms with Gasteiger partial charge < -0.3 is 0 Å². The normalized spacial score (nSPS) is 21.0. The highest BCUT2D eigenvalue weighted by molar-refractivity contribution is 7.68. The molecule has 2 aromatic rings. The van der Waals surface area contributed by atoms with Crippen molar-refractivity contribution in [2.45, 2.75) is 50.8 Å². The lowest BCUT2D eigenvalue weighted by atomic mass is 9.97. The van der Waals surface area contributed by atoms with Gasteiger partial charge in [-0.1, -0.05) is 58.0 Å². The van der Waals surface area contributed by atoms with Crippen LogP contribution in [0.2, 0.25) is 0 Å². The van der Waals surface area contributed by atoms with Crippen LogP contribution in [0.15, 0.2) is 36.4 Å². The van der Waals surface area contributed by atoms with Crippen LogP contribution in [-0.4, -0.2) is 26.3 Å². The Kier molecular flexibility index (Phi) is 3.72. The number of nitrogens with zero attached hydrogens (tertiary/aromatic N) is 1. The molecular weight excluding hydrogens is 291 g/mol. The Hall–Kier alpha value is -1.47. The summed E-state index contributed by atoms with van der Waals surface area (Å²) in [7, 11) is -0.488. The van der Waals surface area contributed by atoms with Gasteiger partial charge in [0.15, 0.2) is 0 Å². The van der Waals surface area contributed by atoms with Crippen LogP contribution in [0.1, 0.15) is 40.5 Å². The number of carbonyl (C=O) groups excluding carboxylic acids is 1. The van der Waals surface area contributed by atoms with E-state index in [4.69, 9.17) is 0 Å². The van der Waals surface area contributed by atoms with Crippen LogP contribution in [0, 0.1) is 0 Å². The smallest absolute Gasteiger partial charge is 0.134 e. The molecule has 3 nitrogen and oxygen atoms in total. The van der Waals surface area contributed by atoms with Crippen LogP contribution in [0.4, 0.5) is 0 Å². The number of aromatic amines is 1. The van der Waals surface area contributed by atoms with E-state index in [-0.39, 0.29) is 10.3 Å². The largest absolute Gasteiger partial charge is 0.300 e. The zero-order valence-electron chi connectivity index (χ0n) is 13.7. The molecule has 0 spiro atoms. The van der Waals surface area contributed by atoms with Crippen LogP contribution in [0.25, 0.3) is 11.3 Å². The first-order valence-electron chi connectivity index (χ1n) is 7.72. The van der Waals surface area contributed by atoms with E-state index in [1.807, 2.05) is 18.2 Å². The third-order valence-corrected chi connectivity index (χ3v) is 7.79. The van der Waals surface area contributed by atoms with E-state index in [1.54, 1.807) is 0 Å². The lowest BCUT2D eigenvalue weighted by molar-refractivity contribution is -0.120. The van der Waals surface area contributed by atoms with Gasteiger partial charge in [0.2, 0.25) is 0 Å². The number of aromatic nitrogens is 2. The molecule has 0 amide bonds. The summed E-state index contributed by atoms with van der Waals surface area (Å²) < 4.78 is 0. The minimum absolute atomic E-state index is 0.00859. The summed E-state index contributed by atoms with van der Waals surface area (Å²) in [4.78, 5) is 12.1. The van der Waals surface area contributed by atoms with Gasteiger partial charge in [-0.05, 0) is 24.3 Å². The third-order valence-electron chi connectivity index (χ3n) is 4.35. The Morgan fingerprint density at radius 2 is 1.64 bits per heavy atom. The zero-order chi connectivity index (χ0) is 16.0. The van der Waals surface area contributed by atoms with Crippen LogP contribution >= 0.6 is 7.92 Å². The van der Waals surface area contributed by atoms with Gasteiger partial charge in [0.05, 0.1) is 11.1 Å². The molecule has 0 saturated carbocycles. The van der Waals surface area contributed by atoms with Crippen molar-refractivity contribution < 1.29 is 4.79 Å². The van der Waals surface area contributed by atoms with Crippen LogP contribution in [-0.2, 0) is 4.79 Å². The Balaban J connectivity index is 2.00. The fourth-order valence-corrected chi connectivity index (χ4v) is 7.85.